The van der Waals surface area contributed by atoms with E-state index >= 15 is 0 Å². The van der Waals surface area contributed by atoms with Crippen LogP contribution in [0.1, 0.15) is 54.4 Å². The van der Waals surface area contributed by atoms with Gasteiger partial charge in [0.1, 0.15) is 46.5 Å². The Hall–Kier alpha value is -5.27. The molecule has 14 nitrogen and oxygen atoms in total. The highest BCUT2D eigenvalue weighted by molar-refractivity contribution is 5.96. The molecule has 1 saturated carbocycles. The van der Waals surface area contributed by atoms with E-state index in [-0.39, 0.29) is 19.4 Å². The second kappa shape index (κ2) is 13.6. The zero-order chi connectivity index (χ0) is 36.6. The zero-order valence-corrected chi connectivity index (χ0v) is 29.4. The number of carbonyl (C=O) groups is 4. The van der Waals surface area contributed by atoms with Gasteiger partial charge >= 0.3 is 12.1 Å². The average molecular weight is 689 g/mol. The topological polar surface area (TPSA) is 182 Å². The fourth-order valence-electron chi connectivity index (χ4n) is 6.08. The minimum atomic E-state index is -1.52. The Morgan fingerprint density at radius 2 is 1.84 bits per heavy atom. The lowest BCUT2D eigenvalue weighted by Gasteiger charge is -2.35. The summed E-state index contributed by atoms with van der Waals surface area (Å²) in [7, 11) is 1.55. The molecule has 1 saturated heterocycles. The van der Waals surface area contributed by atoms with Crippen molar-refractivity contribution in [2.24, 2.45) is 11.3 Å². The molecule has 2 fully saturated rings. The molecular formula is C36H44N6O8. The summed E-state index contributed by atoms with van der Waals surface area (Å²) >= 11 is 0. The van der Waals surface area contributed by atoms with E-state index < -0.39 is 64.5 Å². The molecule has 2 aromatic heterocycles. The predicted molar refractivity (Wildman–Crippen MR) is 183 cm³/mol. The van der Waals surface area contributed by atoms with Crippen molar-refractivity contribution in [1.82, 2.24) is 30.5 Å². The molecule has 1 aliphatic heterocycles. The molecule has 0 spiro atoms. The number of pyridine rings is 1. The maximum absolute atomic E-state index is 14.4. The third-order valence-corrected chi connectivity index (χ3v) is 8.75. The average Bonchev–Trinajstić information content (AvgIpc) is 3.61. The van der Waals surface area contributed by atoms with Crippen LogP contribution in [0.3, 0.4) is 0 Å². The van der Waals surface area contributed by atoms with Crippen molar-refractivity contribution in [3.8, 4) is 22.9 Å². The maximum Gasteiger partial charge on any atom is 0.408 e. The molecule has 2 aliphatic rings. The van der Waals surface area contributed by atoms with Crippen molar-refractivity contribution in [2.75, 3.05) is 13.7 Å². The second-order valence-corrected chi connectivity index (χ2v) is 14.7. The van der Waals surface area contributed by atoms with E-state index in [1.807, 2.05) is 0 Å². The number of carbonyl (C=O) groups excluding carboxylic acids is 3. The fraction of sp³-hybridized carbons (Fsp3) is 0.472. The van der Waals surface area contributed by atoms with Crippen LogP contribution in [-0.4, -0.2) is 91.8 Å². The van der Waals surface area contributed by atoms with Crippen LogP contribution in [-0.2, 0) is 19.1 Å². The number of carboxylic acids is 1. The highest BCUT2D eigenvalue weighted by Crippen LogP contribution is 2.45. The molecule has 0 radical (unpaired) electrons. The largest absolute Gasteiger partial charge is 0.497 e. The number of aliphatic carboxylic acids is 1. The summed E-state index contributed by atoms with van der Waals surface area (Å²) in [5, 5.41) is 16.1. The zero-order valence-electron chi connectivity index (χ0n) is 29.4. The van der Waals surface area contributed by atoms with Crippen molar-refractivity contribution in [3.05, 3.63) is 55.5 Å². The van der Waals surface area contributed by atoms with E-state index in [1.165, 1.54) is 11.0 Å². The van der Waals surface area contributed by atoms with Crippen LogP contribution in [0.15, 0.2) is 55.5 Å². The maximum atomic E-state index is 14.4. The summed E-state index contributed by atoms with van der Waals surface area (Å²) in [5.41, 5.74) is -1.59. The minimum absolute atomic E-state index is 0.0368. The van der Waals surface area contributed by atoms with Gasteiger partial charge in [0.2, 0.25) is 11.8 Å². The number of nitrogens with zero attached hydrogens (tertiary/aromatic N) is 4. The Morgan fingerprint density at radius 1 is 1.10 bits per heavy atom. The molecule has 5 rings (SSSR count). The van der Waals surface area contributed by atoms with Crippen molar-refractivity contribution in [3.63, 3.8) is 0 Å². The van der Waals surface area contributed by atoms with Crippen LogP contribution in [0.2, 0.25) is 0 Å². The monoisotopic (exact) mass is 688 g/mol. The number of ether oxygens (including phenoxy) is 3. The number of aromatic nitrogens is 3. The van der Waals surface area contributed by atoms with Crippen LogP contribution in [0.25, 0.3) is 22.3 Å². The predicted octanol–water partition coefficient (Wildman–Crippen LogP) is 4.13. The van der Waals surface area contributed by atoms with Gasteiger partial charge in [-0.15, -0.1) is 6.58 Å². The normalized spacial score (nSPS) is 22.3. The lowest BCUT2D eigenvalue weighted by molar-refractivity contribution is -0.146. The summed E-state index contributed by atoms with van der Waals surface area (Å²) < 4.78 is 17.5. The van der Waals surface area contributed by atoms with E-state index in [1.54, 1.807) is 91.5 Å². The van der Waals surface area contributed by atoms with Gasteiger partial charge in [-0.1, -0.05) is 26.8 Å². The lowest BCUT2D eigenvalue weighted by Crippen LogP contribution is -2.59. The molecule has 0 bridgehead atoms. The van der Waals surface area contributed by atoms with E-state index in [0.717, 1.165) is 0 Å². The number of hydrogen-bond acceptors (Lipinski definition) is 10. The third kappa shape index (κ3) is 7.63. The van der Waals surface area contributed by atoms with Crippen LogP contribution in [0.4, 0.5) is 4.79 Å². The van der Waals surface area contributed by atoms with Gasteiger partial charge in [0.15, 0.2) is 0 Å². The lowest BCUT2D eigenvalue weighted by atomic mass is 9.85. The fourth-order valence-corrected chi connectivity index (χ4v) is 6.08. The summed E-state index contributed by atoms with van der Waals surface area (Å²) in [5.74, 6) is -1.83. The van der Waals surface area contributed by atoms with Gasteiger partial charge in [-0.25, -0.2) is 14.6 Å². The SMILES string of the molecule is C=C[C@H]1CC1(NC(=O)[C@@H]1C[C@@H](Oc2cc(-c3cnccn3)nc3cc(OC)ccc23)CN1C(=O)[C@@H](NC(=O)OC(C)(C)C)C(C)(C)C)C(=O)O. The third-order valence-electron chi connectivity index (χ3n) is 8.75. The van der Waals surface area contributed by atoms with Gasteiger partial charge < -0.3 is 34.9 Å². The van der Waals surface area contributed by atoms with Gasteiger partial charge in [0.25, 0.3) is 0 Å². The number of alkyl carbamates (subject to hydrolysis) is 1. The molecule has 3 heterocycles. The van der Waals surface area contributed by atoms with Gasteiger partial charge in [0.05, 0.1) is 31.1 Å². The molecule has 1 aliphatic carbocycles. The highest BCUT2D eigenvalue weighted by Gasteiger charge is 2.61. The van der Waals surface area contributed by atoms with Gasteiger partial charge in [-0.2, -0.15) is 0 Å². The van der Waals surface area contributed by atoms with Crippen LogP contribution >= 0.6 is 0 Å². The Labute approximate surface area is 290 Å². The molecule has 3 aromatic rings. The van der Waals surface area contributed by atoms with Crippen LogP contribution in [0, 0.1) is 11.3 Å². The molecular weight excluding hydrogens is 644 g/mol. The number of benzene rings is 1. The summed E-state index contributed by atoms with van der Waals surface area (Å²) in [4.78, 5) is 68.2. The number of methoxy groups -OCH3 is 1. The Bertz CT molecular complexity index is 1800. The van der Waals surface area contributed by atoms with Gasteiger partial charge in [-0.05, 0) is 44.7 Å². The van der Waals surface area contributed by atoms with Gasteiger partial charge in [-0.3, -0.25) is 19.6 Å². The number of rotatable bonds is 10. The molecule has 1 aromatic carbocycles. The number of carboxylic acid groups (broad SMARTS) is 1. The standard InChI is InChI=1S/C36H44N6O8/c1-9-20-17-36(20,32(45)46)41-30(43)27-15-22(19-42(27)31(44)29(34(2,3)4)40-33(47)50-35(5,6)7)49-28-16-25(26-18-37-12-13-38-26)39-24-14-21(48-8)10-11-23(24)28/h9-14,16,18,20,22,27,29H,1,15,17,19H2,2-8H3,(H,40,47)(H,41,43)(H,45,46)/t20-,22+,27-,29+,36?/m0/s1. The molecule has 3 N–H and O–H groups in total. The van der Waals surface area contributed by atoms with E-state index in [0.29, 0.717) is 33.8 Å². The van der Waals surface area contributed by atoms with Crippen molar-refractivity contribution in [2.45, 2.75) is 83.7 Å². The molecule has 1 unspecified atom stereocenters. The highest BCUT2D eigenvalue weighted by atomic mass is 16.6. The number of likely N-dealkylation sites (tertiary alicyclic amines) is 1. The Kier molecular flexibility index (Phi) is 9.77. The van der Waals surface area contributed by atoms with Crippen LogP contribution in [0.5, 0.6) is 11.5 Å². The molecule has 266 valence electrons. The first-order valence-electron chi connectivity index (χ1n) is 16.4. The number of hydrogen-bond donors (Lipinski definition) is 3. The van der Waals surface area contributed by atoms with Crippen molar-refractivity contribution in [1.29, 1.82) is 0 Å². The molecule has 50 heavy (non-hydrogen) atoms. The number of nitrogens with one attached hydrogen (secondary N) is 2. The molecule has 3 amide bonds. The van der Waals surface area contributed by atoms with Crippen LogP contribution < -0.4 is 20.1 Å². The summed E-state index contributed by atoms with van der Waals surface area (Å²) in [6.45, 7) is 14.2. The first-order chi connectivity index (χ1) is 23.5. The van der Waals surface area contributed by atoms with E-state index in [4.69, 9.17) is 19.2 Å². The Morgan fingerprint density at radius 3 is 2.42 bits per heavy atom. The number of amides is 3. The molecule has 14 heteroatoms. The van der Waals surface area contributed by atoms with Crippen molar-refractivity contribution < 1.29 is 38.5 Å². The van der Waals surface area contributed by atoms with E-state index in [9.17, 15) is 24.3 Å². The summed E-state index contributed by atoms with van der Waals surface area (Å²) in [6.07, 6.45) is 4.89. The minimum Gasteiger partial charge on any atom is -0.497 e. The quantitative estimate of drug-likeness (QED) is 0.261. The van der Waals surface area contributed by atoms with E-state index in [2.05, 4.69) is 27.2 Å². The Balaban J connectivity index is 1.51. The first kappa shape index (κ1) is 36.0. The smallest absolute Gasteiger partial charge is 0.408 e. The number of fused-ring (bicyclic) bond motifs is 1. The summed E-state index contributed by atoms with van der Waals surface area (Å²) in [6, 6.07) is 4.84. The second-order valence-electron chi connectivity index (χ2n) is 14.7. The van der Waals surface area contributed by atoms with Gasteiger partial charge in [0, 0.05) is 42.3 Å². The molecule has 5 atom stereocenters. The first-order valence-corrected chi connectivity index (χ1v) is 16.4. The van der Waals surface area contributed by atoms with Crippen molar-refractivity contribution >= 4 is 34.8 Å².